The molecular weight excluding hydrogens is 196 g/mol. The minimum absolute atomic E-state index is 0.000176. The van der Waals surface area contributed by atoms with E-state index in [1.165, 1.54) is 6.07 Å². The normalized spacial score (nSPS) is 19.5. The topological polar surface area (TPSA) is 64.7 Å². The Kier molecular flexibility index (Phi) is 2.37. The van der Waals surface area contributed by atoms with Crippen molar-refractivity contribution in [2.24, 2.45) is 5.16 Å². The Morgan fingerprint density at radius 2 is 2.27 bits per heavy atom. The largest absolute Gasteiger partial charge is 0.392 e. The third kappa shape index (κ3) is 1.81. The number of para-hydroxylation sites is 1. The van der Waals surface area contributed by atoms with E-state index < -0.39 is 4.92 Å². The van der Waals surface area contributed by atoms with Gasteiger partial charge in [0.2, 0.25) is 0 Å². The summed E-state index contributed by atoms with van der Waals surface area (Å²) >= 11 is 0. The first-order chi connectivity index (χ1) is 7.18. The maximum absolute atomic E-state index is 10.8. The average molecular weight is 206 g/mol. The summed E-state index contributed by atoms with van der Waals surface area (Å²) in [5, 5.41) is 14.6. The van der Waals surface area contributed by atoms with Gasteiger partial charge in [-0.2, -0.15) is 0 Å². The van der Waals surface area contributed by atoms with Gasteiger partial charge >= 0.3 is 0 Å². The first-order valence-corrected chi connectivity index (χ1v) is 4.65. The molecule has 78 valence electrons. The highest BCUT2D eigenvalue weighted by Crippen LogP contribution is 2.23. The van der Waals surface area contributed by atoms with Gasteiger partial charge < -0.3 is 4.84 Å². The molecule has 0 amide bonds. The highest BCUT2D eigenvalue weighted by molar-refractivity contribution is 6.04. The van der Waals surface area contributed by atoms with Gasteiger partial charge in [-0.05, 0) is 13.0 Å². The second kappa shape index (κ2) is 3.68. The number of benzene rings is 1. The number of oxime groups is 1. The molecule has 1 aliphatic heterocycles. The number of rotatable bonds is 2. The van der Waals surface area contributed by atoms with Crippen molar-refractivity contribution in [3.05, 3.63) is 39.9 Å². The van der Waals surface area contributed by atoms with Crippen LogP contribution < -0.4 is 0 Å². The van der Waals surface area contributed by atoms with Crippen LogP contribution >= 0.6 is 0 Å². The Labute approximate surface area is 86.5 Å². The third-order valence-corrected chi connectivity index (χ3v) is 2.24. The molecule has 0 fully saturated rings. The van der Waals surface area contributed by atoms with Gasteiger partial charge in [0.25, 0.3) is 5.69 Å². The Bertz CT molecular complexity index is 428. The van der Waals surface area contributed by atoms with Gasteiger partial charge in [-0.1, -0.05) is 17.3 Å². The van der Waals surface area contributed by atoms with Crippen LogP contribution in [0, 0.1) is 10.1 Å². The molecule has 0 radical (unpaired) electrons. The zero-order chi connectivity index (χ0) is 10.8. The van der Waals surface area contributed by atoms with E-state index >= 15 is 0 Å². The van der Waals surface area contributed by atoms with E-state index in [0.717, 1.165) is 0 Å². The number of nitro groups is 1. The standard InChI is InChI=1S/C10H10N2O3/c1-7-6-9(11-15-7)8-4-2-3-5-10(8)12(13)14/h2-5,7H,6H2,1H3. The summed E-state index contributed by atoms with van der Waals surface area (Å²) in [5.74, 6) is 0. The fourth-order valence-corrected chi connectivity index (χ4v) is 1.54. The van der Waals surface area contributed by atoms with Crippen LogP contribution in [0.25, 0.3) is 0 Å². The predicted molar refractivity (Wildman–Crippen MR) is 54.8 cm³/mol. The predicted octanol–water partition coefficient (Wildman–Crippen LogP) is 2.11. The van der Waals surface area contributed by atoms with Crippen LogP contribution in [-0.4, -0.2) is 16.7 Å². The van der Waals surface area contributed by atoms with Gasteiger partial charge in [0.1, 0.15) is 6.10 Å². The summed E-state index contributed by atoms with van der Waals surface area (Å²) in [4.78, 5) is 15.4. The third-order valence-electron chi connectivity index (χ3n) is 2.24. The van der Waals surface area contributed by atoms with Gasteiger partial charge in [0.15, 0.2) is 0 Å². The number of hydrogen-bond donors (Lipinski definition) is 0. The van der Waals surface area contributed by atoms with Crippen LogP contribution in [0.1, 0.15) is 18.9 Å². The molecule has 0 saturated carbocycles. The summed E-state index contributed by atoms with van der Waals surface area (Å²) < 4.78 is 0. The Hall–Kier alpha value is -1.91. The van der Waals surface area contributed by atoms with E-state index in [1.54, 1.807) is 18.2 Å². The molecule has 1 atom stereocenters. The van der Waals surface area contributed by atoms with Gasteiger partial charge in [-0.15, -0.1) is 0 Å². The Balaban J connectivity index is 2.40. The Morgan fingerprint density at radius 1 is 1.53 bits per heavy atom. The lowest BCUT2D eigenvalue weighted by Crippen LogP contribution is -2.05. The van der Waals surface area contributed by atoms with E-state index in [2.05, 4.69) is 5.16 Å². The minimum atomic E-state index is -0.402. The zero-order valence-corrected chi connectivity index (χ0v) is 8.21. The van der Waals surface area contributed by atoms with E-state index in [4.69, 9.17) is 4.84 Å². The van der Waals surface area contributed by atoms with Gasteiger partial charge in [0, 0.05) is 12.5 Å². The molecule has 0 N–H and O–H groups in total. The molecule has 1 aliphatic rings. The highest BCUT2D eigenvalue weighted by atomic mass is 16.6. The molecule has 0 aliphatic carbocycles. The summed E-state index contributed by atoms with van der Waals surface area (Å²) in [5.41, 5.74) is 1.27. The fraction of sp³-hybridized carbons (Fsp3) is 0.300. The maximum Gasteiger partial charge on any atom is 0.278 e. The van der Waals surface area contributed by atoms with Crippen molar-refractivity contribution in [1.82, 2.24) is 0 Å². The van der Waals surface area contributed by atoms with E-state index in [1.807, 2.05) is 6.92 Å². The van der Waals surface area contributed by atoms with Gasteiger partial charge in [-0.3, -0.25) is 10.1 Å². The molecular formula is C10H10N2O3. The van der Waals surface area contributed by atoms with Gasteiger partial charge in [-0.25, -0.2) is 0 Å². The first-order valence-electron chi connectivity index (χ1n) is 4.65. The molecule has 15 heavy (non-hydrogen) atoms. The van der Waals surface area contributed by atoms with E-state index in [-0.39, 0.29) is 11.8 Å². The lowest BCUT2D eigenvalue weighted by molar-refractivity contribution is -0.385. The van der Waals surface area contributed by atoms with Crippen molar-refractivity contribution < 1.29 is 9.76 Å². The minimum Gasteiger partial charge on any atom is -0.392 e. The summed E-state index contributed by atoms with van der Waals surface area (Å²) in [7, 11) is 0. The lowest BCUT2D eigenvalue weighted by Gasteiger charge is -2.00. The molecule has 0 bridgehead atoms. The lowest BCUT2D eigenvalue weighted by atomic mass is 10.0. The summed E-state index contributed by atoms with van der Waals surface area (Å²) in [6, 6.07) is 6.56. The fourth-order valence-electron chi connectivity index (χ4n) is 1.54. The number of nitrogens with zero attached hydrogens (tertiary/aromatic N) is 2. The summed E-state index contributed by atoms with van der Waals surface area (Å²) in [6.45, 7) is 1.88. The highest BCUT2D eigenvalue weighted by Gasteiger charge is 2.24. The van der Waals surface area contributed by atoms with Crippen molar-refractivity contribution in [3.63, 3.8) is 0 Å². The second-order valence-corrected chi connectivity index (χ2v) is 3.43. The molecule has 1 unspecified atom stereocenters. The van der Waals surface area contributed by atoms with Crippen molar-refractivity contribution in [2.75, 3.05) is 0 Å². The maximum atomic E-state index is 10.8. The second-order valence-electron chi connectivity index (χ2n) is 3.43. The molecule has 1 aromatic rings. The Morgan fingerprint density at radius 3 is 2.87 bits per heavy atom. The van der Waals surface area contributed by atoms with Crippen LogP contribution in [0.15, 0.2) is 29.4 Å². The van der Waals surface area contributed by atoms with E-state index in [9.17, 15) is 10.1 Å². The molecule has 5 nitrogen and oxygen atoms in total. The quantitative estimate of drug-likeness (QED) is 0.549. The molecule has 0 saturated heterocycles. The van der Waals surface area contributed by atoms with Crippen LogP contribution in [0.3, 0.4) is 0 Å². The number of nitro benzene ring substituents is 1. The van der Waals surface area contributed by atoms with Crippen molar-refractivity contribution in [3.8, 4) is 0 Å². The summed E-state index contributed by atoms with van der Waals surface area (Å²) in [6.07, 6.45) is 0.616. The average Bonchev–Trinajstić information content (AvgIpc) is 2.65. The van der Waals surface area contributed by atoms with Crippen LogP contribution in [0.4, 0.5) is 5.69 Å². The van der Waals surface area contributed by atoms with E-state index in [0.29, 0.717) is 17.7 Å². The van der Waals surface area contributed by atoms with Gasteiger partial charge in [0.05, 0.1) is 16.2 Å². The van der Waals surface area contributed by atoms with Crippen LogP contribution in [-0.2, 0) is 4.84 Å². The molecule has 1 aromatic carbocycles. The van der Waals surface area contributed by atoms with Crippen LogP contribution in [0.5, 0.6) is 0 Å². The molecule has 0 spiro atoms. The SMILES string of the molecule is CC1CC(c2ccccc2[N+](=O)[O-])=NO1. The molecule has 5 heteroatoms. The monoisotopic (exact) mass is 206 g/mol. The van der Waals surface area contributed by atoms with Crippen molar-refractivity contribution in [1.29, 1.82) is 0 Å². The zero-order valence-electron chi connectivity index (χ0n) is 8.21. The number of hydrogen-bond acceptors (Lipinski definition) is 4. The molecule has 1 heterocycles. The van der Waals surface area contributed by atoms with Crippen molar-refractivity contribution >= 4 is 11.4 Å². The molecule has 2 rings (SSSR count). The van der Waals surface area contributed by atoms with Crippen molar-refractivity contribution in [2.45, 2.75) is 19.4 Å². The van der Waals surface area contributed by atoms with Crippen LogP contribution in [0.2, 0.25) is 0 Å². The molecule has 0 aromatic heterocycles. The first kappa shape index (κ1) is 9.64. The smallest absolute Gasteiger partial charge is 0.278 e.